The number of hydrogen-bond acceptors (Lipinski definition) is 4. The second-order valence-electron chi connectivity index (χ2n) is 9.67. The number of carbonyl (C=O) groups is 1. The van der Waals surface area contributed by atoms with Crippen molar-refractivity contribution < 1.29 is 19.1 Å². The summed E-state index contributed by atoms with van der Waals surface area (Å²) in [4.78, 5) is 11.7. The van der Waals surface area contributed by atoms with Gasteiger partial charge in [-0.3, -0.25) is 4.79 Å². The van der Waals surface area contributed by atoms with Crippen LogP contribution < -0.4 is 0 Å². The molecule has 0 amide bonds. The quantitative estimate of drug-likeness (QED) is 0.378. The van der Waals surface area contributed by atoms with Gasteiger partial charge in [0.15, 0.2) is 8.32 Å². The first-order chi connectivity index (χ1) is 11.1. The fourth-order valence-electron chi connectivity index (χ4n) is 1.90. The van der Waals surface area contributed by atoms with E-state index in [1.54, 1.807) is 6.08 Å². The van der Waals surface area contributed by atoms with Crippen LogP contribution in [0.4, 0.5) is 0 Å². The van der Waals surface area contributed by atoms with Gasteiger partial charge in [-0.15, -0.1) is 0 Å². The van der Waals surface area contributed by atoms with Crippen LogP contribution in [0.3, 0.4) is 0 Å². The minimum atomic E-state index is -1.80. The maximum Gasteiger partial charge on any atom is 0.311 e. The normalized spacial score (nSPS) is 17.4. The molecule has 0 saturated heterocycles. The van der Waals surface area contributed by atoms with Crippen LogP contribution in [0.2, 0.25) is 18.1 Å². The summed E-state index contributed by atoms with van der Waals surface area (Å²) in [7, 11) is -1.80. The van der Waals surface area contributed by atoms with Gasteiger partial charge in [-0.05, 0) is 38.9 Å². The van der Waals surface area contributed by atoms with E-state index in [9.17, 15) is 9.90 Å². The van der Waals surface area contributed by atoms with Crippen LogP contribution in [0.5, 0.6) is 0 Å². The van der Waals surface area contributed by atoms with Gasteiger partial charge in [0.05, 0.1) is 11.5 Å². The molecule has 4 nitrogen and oxygen atoms in total. The van der Waals surface area contributed by atoms with Crippen molar-refractivity contribution in [2.75, 3.05) is 13.2 Å². The lowest BCUT2D eigenvalue weighted by Crippen LogP contribution is -2.43. The Morgan fingerprint density at radius 1 is 1.12 bits per heavy atom. The lowest BCUT2D eigenvalue weighted by Gasteiger charge is -2.37. The molecule has 3 atom stereocenters. The second-order valence-corrected chi connectivity index (χ2v) is 14.5. The largest absolute Gasteiger partial charge is 0.461 e. The van der Waals surface area contributed by atoms with E-state index in [1.165, 1.54) is 0 Å². The highest BCUT2D eigenvalue weighted by atomic mass is 28.4. The number of rotatable bonds is 8. The van der Waals surface area contributed by atoms with Gasteiger partial charge >= 0.3 is 5.97 Å². The molecule has 0 aliphatic carbocycles. The lowest BCUT2D eigenvalue weighted by atomic mass is 9.94. The van der Waals surface area contributed by atoms with Crippen LogP contribution in [0, 0.1) is 17.3 Å². The fraction of sp³-hybridized carbons (Fsp3) is 0.850. The van der Waals surface area contributed by atoms with Gasteiger partial charge in [0.25, 0.3) is 0 Å². The molecule has 0 aliphatic rings. The van der Waals surface area contributed by atoms with E-state index in [1.807, 2.05) is 40.7 Å². The zero-order valence-corrected chi connectivity index (χ0v) is 19.0. The average molecular weight is 373 g/mol. The molecule has 0 aromatic rings. The first-order valence-electron chi connectivity index (χ1n) is 9.25. The third kappa shape index (κ3) is 8.52. The van der Waals surface area contributed by atoms with E-state index in [0.717, 1.165) is 0 Å². The van der Waals surface area contributed by atoms with E-state index >= 15 is 0 Å². The number of esters is 1. The molecule has 0 heterocycles. The topological polar surface area (TPSA) is 55.8 Å². The summed E-state index contributed by atoms with van der Waals surface area (Å²) in [5.41, 5.74) is -0.491. The molecule has 1 N–H and O–H groups in total. The summed E-state index contributed by atoms with van der Waals surface area (Å²) >= 11 is 0. The summed E-state index contributed by atoms with van der Waals surface area (Å²) in [5, 5.41) is 10.7. The van der Waals surface area contributed by atoms with Crippen LogP contribution >= 0.6 is 0 Å². The molecule has 0 aromatic carbocycles. The van der Waals surface area contributed by atoms with E-state index in [4.69, 9.17) is 9.16 Å². The number of ether oxygens (including phenoxy) is 1. The average Bonchev–Trinajstić information content (AvgIpc) is 2.45. The highest BCUT2D eigenvalue weighted by Gasteiger charge is 2.37. The zero-order chi connectivity index (χ0) is 20.1. The molecule has 25 heavy (non-hydrogen) atoms. The van der Waals surface area contributed by atoms with Crippen LogP contribution in [0.25, 0.3) is 0 Å². The summed E-state index contributed by atoms with van der Waals surface area (Å²) in [6, 6.07) is 0. The third-order valence-corrected chi connectivity index (χ3v) is 9.50. The molecule has 5 heteroatoms. The van der Waals surface area contributed by atoms with Gasteiger partial charge in [0.2, 0.25) is 0 Å². The predicted molar refractivity (Wildman–Crippen MR) is 107 cm³/mol. The van der Waals surface area contributed by atoms with Crippen molar-refractivity contribution in [3.8, 4) is 0 Å². The van der Waals surface area contributed by atoms with Crippen LogP contribution in [0.15, 0.2) is 12.2 Å². The van der Waals surface area contributed by atoms with E-state index in [0.29, 0.717) is 6.61 Å². The Labute approximate surface area is 156 Å². The summed E-state index contributed by atoms with van der Waals surface area (Å²) in [5.74, 6) is -0.196. The monoisotopic (exact) mass is 372 g/mol. The van der Waals surface area contributed by atoms with Crippen molar-refractivity contribution in [2.24, 2.45) is 17.3 Å². The zero-order valence-electron chi connectivity index (χ0n) is 18.0. The van der Waals surface area contributed by atoms with Crippen LogP contribution in [-0.4, -0.2) is 38.7 Å². The van der Waals surface area contributed by atoms with E-state index in [2.05, 4.69) is 33.9 Å². The predicted octanol–water partition coefficient (Wildman–Crippen LogP) is 4.79. The molecular weight excluding hydrogens is 332 g/mol. The molecule has 0 saturated carbocycles. The van der Waals surface area contributed by atoms with Crippen LogP contribution in [0.1, 0.15) is 55.4 Å². The highest BCUT2D eigenvalue weighted by Crippen LogP contribution is 2.37. The fourth-order valence-corrected chi connectivity index (χ4v) is 3.01. The third-order valence-electron chi connectivity index (χ3n) is 5.00. The molecule has 0 aliphatic heterocycles. The van der Waals surface area contributed by atoms with Crippen molar-refractivity contribution >= 4 is 14.3 Å². The standard InChI is InChI=1S/C20H40O4Si/c1-15(12-11-13-23-18(22)19(3,4)5)17(21)16(2)14-24-25(9,10)20(6,7)8/h11-12,15-17,21H,13-14H2,1-10H3/b12-11+/t15-,16+,17+/m1/s1. The second kappa shape index (κ2) is 9.33. The van der Waals surface area contributed by atoms with Crippen molar-refractivity contribution in [2.45, 2.75) is 79.6 Å². The number of aliphatic hydroxyl groups is 1. The molecule has 0 unspecified atom stereocenters. The SMILES string of the molecule is C[C@H](/C=C/COC(=O)C(C)(C)C)[C@H](O)[C@@H](C)CO[Si](C)(C)C(C)(C)C. The minimum absolute atomic E-state index is 0.0219. The van der Waals surface area contributed by atoms with Gasteiger partial charge in [0, 0.05) is 18.4 Å². The first-order valence-corrected chi connectivity index (χ1v) is 12.2. The molecule has 0 bridgehead atoms. The molecular formula is C20H40O4Si. The Morgan fingerprint density at radius 3 is 2.08 bits per heavy atom. The molecule has 0 aromatic heterocycles. The highest BCUT2D eigenvalue weighted by molar-refractivity contribution is 6.74. The van der Waals surface area contributed by atoms with E-state index in [-0.39, 0.29) is 29.5 Å². The molecule has 0 rings (SSSR count). The Bertz CT molecular complexity index is 444. The van der Waals surface area contributed by atoms with Crippen molar-refractivity contribution in [3.05, 3.63) is 12.2 Å². The van der Waals surface area contributed by atoms with Crippen LogP contribution in [-0.2, 0) is 14.0 Å². The molecule has 148 valence electrons. The smallest absolute Gasteiger partial charge is 0.311 e. The maximum absolute atomic E-state index is 11.7. The minimum Gasteiger partial charge on any atom is -0.461 e. The molecule has 0 spiro atoms. The Hall–Kier alpha value is -0.653. The van der Waals surface area contributed by atoms with Gasteiger partial charge in [-0.1, -0.05) is 46.8 Å². The molecule has 0 radical (unpaired) electrons. The van der Waals surface area contributed by atoms with Gasteiger partial charge in [-0.2, -0.15) is 0 Å². The van der Waals surface area contributed by atoms with Crippen molar-refractivity contribution in [1.82, 2.24) is 0 Å². The van der Waals surface area contributed by atoms with Gasteiger partial charge in [0.1, 0.15) is 6.61 Å². The summed E-state index contributed by atoms with van der Waals surface area (Å²) in [6.45, 7) is 21.4. The number of hydrogen-bond donors (Lipinski definition) is 1. The van der Waals surface area contributed by atoms with Gasteiger partial charge in [-0.25, -0.2) is 0 Å². The van der Waals surface area contributed by atoms with Crippen molar-refractivity contribution in [1.29, 1.82) is 0 Å². The summed E-state index contributed by atoms with van der Waals surface area (Å²) < 4.78 is 11.4. The van der Waals surface area contributed by atoms with Crippen molar-refractivity contribution in [3.63, 3.8) is 0 Å². The Kier molecular flexibility index (Phi) is 9.09. The first kappa shape index (κ1) is 24.3. The summed E-state index contributed by atoms with van der Waals surface area (Å²) in [6.07, 6.45) is 3.22. The number of aliphatic hydroxyl groups excluding tert-OH is 1. The lowest BCUT2D eigenvalue weighted by molar-refractivity contribution is -0.151. The Morgan fingerprint density at radius 2 is 1.64 bits per heavy atom. The Balaban J connectivity index is 4.42. The maximum atomic E-state index is 11.7. The van der Waals surface area contributed by atoms with Gasteiger partial charge < -0.3 is 14.3 Å². The molecule has 0 fully saturated rings. The van der Waals surface area contributed by atoms with E-state index < -0.39 is 19.8 Å². The number of carbonyl (C=O) groups excluding carboxylic acids is 1.